The van der Waals surface area contributed by atoms with Gasteiger partial charge in [0.15, 0.2) is 0 Å². The van der Waals surface area contributed by atoms with E-state index < -0.39 is 11.5 Å². The topological polar surface area (TPSA) is 26.3 Å². The summed E-state index contributed by atoms with van der Waals surface area (Å²) < 4.78 is 33.5. The van der Waals surface area contributed by atoms with E-state index in [1.54, 1.807) is 6.92 Å². The summed E-state index contributed by atoms with van der Waals surface area (Å²) in [5.41, 5.74) is -1.73. The second kappa shape index (κ2) is 4.97. The van der Waals surface area contributed by atoms with Crippen LogP contribution in [0.25, 0.3) is 0 Å². The SMILES string of the molecule is C=CC(F)(F)C1(OC(C)C(C)C(C)(C)C)CC(=O)C1. The second-order valence-corrected chi connectivity index (χ2v) is 6.69. The highest BCUT2D eigenvalue weighted by Crippen LogP contribution is 2.48. The summed E-state index contributed by atoms with van der Waals surface area (Å²) in [6, 6.07) is 0. The minimum absolute atomic E-state index is 0.0438. The molecule has 19 heavy (non-hydrogen) atoms. The van der Waals surface area contributed by atoms with Crippen molar-refractivity contribution in [1.82, 2.24) is 0 Å². The quantitative estimate of drug-likeness (QED) is 0.708. The zero-order valence-corrected chi connectivity index (χ0v) is 12.4. The first kappa shape index (κ1) is 16.3. The number of alkyl halides is 2. The van der Waals surface area contributed by atoms with Gasteiger partial charge in [0, 0.05) is 12.8 Å². The molecular weight excluding hydrogens is 250 g/mol. The van der Waals surface area contributed by atoms with Crippen LogP contribution in [0.5, 0.6) is 0 Å². The number of hydrogen-bond acceptors (Lipinski definition) is 2. The molecule has 1 aliphatic rings. The number of halogens is 2. The average Bonchev–Trinajstić information content (AvgIpc) is 2.23. The summed E-state index contributed by atoms with van der Waals surface area (Å²) >= 11 is 0. The molecule has 110 valence electrons. The highest BCUT2D eigenvalue weighted by molar-refractivity contribution is 5.88. The van der Waals surface area contributed by atoms with E-state index >= 15 is 0 Å². The van der Waals surface area contributed by atoms with Crippen molar-refractivity contribution >= 4 is 5.78 Å². The van der Waals surface area contributed by atoms with Crippen LogP contribution in [0, 0.1) is 11.3 Å². The van der Waals surface area contributed by atoms with Gasteiger partial charge < -0.3 is 4.74 Å². The van der Waals surface area contributed by atoms with Crippen molar-refractivity contribution < 1.29 is 18.3 Å². The minimum Gasteiger partial charge on any atom is -0.364 e. The smallest absolute Gasteiger partial charge is 0.295 e. The van der Waals surface area contributed by atoms with Gasteiger partial charge in [0.05, 0.1) is 6.10 Å². The maximum absolute atomic E-state index is 14.0. The molecule has 1 saturated carbocycles. The molecule has 2 nitrogen and oxygen atoms in total. The normalized spacial score (nSPS) is 22.6. The summed E-state index contributed by atoms with van der Waals surface area (Å²) in [6.45, 7) is 13.1. The Morgan fingerprint density at radius 3 is 2.11 bits per heavy atom. The summed E-state index contributed by atoms with van der Waals surface area (Å²) in [5, 5.41) is 0. The molecule has 0 radical (unpaired) electrons. The molecule has 0 saturated heterocycles. The van der Waals surface area contributed by atoms with Gasteiger partial charge in [0.25, 0.3) is 5.92 Å². The van der Waals surface area contributed by atoms with E-state index in [0.29, 0.717) is 6.08 Å². The van der Waals surface area contributed by atoms with Crippen LogP contribution in [-0.4, -0.2) is 23.4 Å². The zero-order chi connectivity index (χ0) is 15.1. The minimum atomic E-state index is -3.17. The number of Topliss-reactive ketones (excluding diaryl/α,β-unsaturated/α-hetero) is 1. The molecule has 0 aromatic carbocycles. The Kier molecular flexibility index (Phi) is 4.26. The standard InChI is InChI=1S/C15H24F2O2/c1-7-15(16,17)14(8-12(18)9-14)19-11(3)10(2)13(4,5)6/h7,10-11H,1,8-9H2,2-6H3. The summed E-state index contributed by atoms with van der Waals surface area (Å²) in [5.74, 6) is -3.26. The molecule has 1 rings (SSSR count). The van der Waals surface area contributed by atoms with Crippen molar-refractivity contribution in [3.8, 4) is 0 Å². The van der Waals surface area contributed by atoms with Gasteiger partial charge in [0.1, 0.15) is 11.4 Å². The van der Waals surface area contributed by atoms with Crippen LogP contribution in [0.15, 0.2) is 12.7 Å². The van der Waals surface area contributed by atoms with Crippen LogP contribution in [-0.2, 0) is 9.53 Å². The van der Waals surface area contributed by atoms with Gasteiger partial charge in [-0.15, -0.1) is 0 Å². The lowest BCUT2D eigenvalue weighted by Crippen LogP contribution is -2.60. The molecule has 4 heteroatoms. The van der Waals surface area contributed by atoms with Gasteiger partial charge in [-0.05, 0) is 24.3 Å². The summed E-state index contributed by atoms with van der Waals surface area (Å²) in [4.78, 5) is 11.2. The molecule has 1 fully saturated rings. The van der Waals surface area contributed by atoms with E-state index in [4.69, 9.17) is 4.74 Å². The first-order valence-corrected chi connectivity index (χ1v) is 6.66. The highest BCUT2D eigenvalue weighted by atomic mass is 19.3. The molecule has 0 N–H and O–H groups in total. The van der Waals surface area contributed by atoms with Crippen LogP contribution in [0.1, 0.15) is 47.5 Å². The molecule has 0 aromatic heterocycles. The number of carbonyl (C=O) groups excluding carboxylic acids is 1. The molecule has 0 spiro atoms. The largest absolute Gasteiger partial charge is 0.364 e. The first-order valence-electron chi connectivity index (χ1n) is 6.66. The Bertz CT molecular complexity index is 361. The fourth-order valence-electron chi connectivity index (χ4n) is 2.33. The van der Waals surface area contributed by atoms with Crippen molar-refractivity contribution in [2.75, 3.05) is 0 Å². The number of rotatable bonds is 5. The molecule has 2 unspecified atom stereocenters. The van der Waals surface area contributed by atoms with Gasteiger partial charge in [-0.3, -0.25) is 4.79 Å². The van der Waals surface area contributed by atoms with Crippen molar-refractivity contribution in [2.24, 2.45) is 11.3 Å². The van der Waals surface area contributed by atoms with Crippen LogP contribution in [0.4, 0.5) is 8.78 Å². The Morgan fingerprint density at radius 2 is 1.79 bits per heavy atom. The van der Waals surface area contributed by atoms with Crippen molar-refractivity contribution in [2.45, 2.75) is 65.1 Å². The molecule has 2 atom stereocenters. The van der Waals surface area contributed by atoms with Gasteiger partial charge in [-0.1, -0.05) is 34.3 Å². The molecule has 0 bridgehead atoms. The van der Waals surface area contributed by atoms with E-state index in [1.807, 2.05) is 27.7 Å². The molecule has 0 amide bonds. The third-order valence-electron chi connectivity index (χ3n) is 4.31. The van der Waals surface area contributed by atoms with Crippen LogP contribution in [0.2, 0.25) is 0 Å². The lowest BCUT2D eigenvalue weighted by Gasteiger charge is -2.47. The van der Waals surface area contributed by atoms with Crippen LogP contribution in [0.3, 0.4) is 0 Å². The van der Waals surface area contributed by atoms with Crippen LogP contribution >= 0.6 is 0 Å². The molecule has 0 aliphatic heterocycles. The molecular formula is C15H24F2O2. The first-order chi connectivity index (χ1) is 8.45. The predicted molar refractivity (Wildman–Crippen MR) is 71.3 cm³/mol. The molecule has 0 heterocycles. The van der Waals surface area contributed by atoms with E-state index in [9.17, 15) is 13.6 Å². The Labute approximate surface area is 114 Å². The number of ether oxygens (including phenoxy) is 1. The fraction of sp³-hybridized carbons (Fsp3) is 0.800. The predicted octanol–water partition coefficient (Wildman–Crippen LogP) is 4.00. The number of carbonyl (C=O) groups is 1. The number of ketones is 1. The van der Waals surface area contributed by atoms with E-state index in [2.05, 4.69) is 6.58 Å². The lowest BCUT2D eigenvalue weighted by molar-refractivity contribution is -0.241. The lowest BCUT2D eigenvalue weighted by atomic mass is 9.72. The van der Waals surface area contributed by atoms with Crippen LogP contribution < -0.4 is 0 Å². The van der Waals surface area contributed by atoms with E-state index in [-0.39, 0.29) is 36.1 Å². The molecule has 0 aromatic rings. The third-order valence-corrected chi connectivity index (χ3v) is 4.31. The van der Waals surface area contributed by atoms with Crippen molar-refractivity contribution in [3.63, 3.8) is 0 Å². The molecule has 1 aliphatic carbocycles. The Balaban J connectivity index is 2.87. The number of hydrogen-bond donors (Lipinski definition) is 0. The van der Waals surface area contributed by atoms with Gasteiger partial charge in [0.2, 0.25) is 0 Å². The summed E-state index contributed by atoms with van der Waals surface area (Å²) in [7, 11) is 0. The van der Waals surface area contributed by atoms with Gasteiger partial charge in [-0.2, -0.15) is 8.78 Å². The van der Waals surface area contributed by atoms with Crippen molar-refractivity contribution in [3.05, 3.63) is 12.7 Å². The monoisotopic (exact) mass is 274 g/mol. The highest BCUT2D eigenvalue weighted by Gasteiger charge is 2.61. The average molecular weight is 274 g/mol. The maximum atomic E-state index is 14.0. The Hall–Kier alpha value is -0.770. The van der Waals surface area contributed by atoms with E-state index in [1.165, 1.54) is 0 Å². The fourth-order valence-corrected chi connectivity index (χ4v) is 2.33. The Morgan fingerprint density at radius 1 is 1.32 bits per heavy atom. The van der Waals surface area contributed by atoms with Gasteiger partial charge >= 0.3 is 0 Å². The zero-order valence-electron chi connectivity index (χ0n) is 12.4. The third kappa shape index (κ3) is 3.04. The van der Waals surface area contributed by atoms with E-state index in [0.717, 1.165) is 0 Å². The van der Waals surface area contributed by atoms with Crippen molar-refractivity contribution in [1.29, 1.82) is 0 Å². The van der Waals surface area contributed by atoms with Gasteiger partial charge in [-0.25, -0.2) is 0 Å². The second-order valence-electron chi connectivity index (χ2n) is 6.69. The summed E-state index contributed by atoms with van der Waals surface area (Å²) in [6.07, 6.45) is -0.215. The maximum Gasteiger partial charge on any atom is 0.295 e.